The van der Waals surface area contributed by atoms with E-state index in [9.17, 15) is 0 Å². The number of anilines is 3. The van der Waals surface area contributed by atoms with Crippen LogP contribution in [0.4, 0.5) is 17.1 Å². The van der Waals surface area contributed by atoms with E-state index in [0.29, 0.717) is 22.9 Å². The van der Waals surface area contributed by atoms with Gasteiger partial charge in [0.2, 0.25) is 0 Å². The van der Waals surface area contributed by atoms with Crippen LogP contribution < -0.4 is 9.64 Å². The van der Waals surface area contributed by atoms with Gasteiger partial charge in [-0.1, -0.05) is 103 Å². The topological polar surface area (TPSA) is 16.9 Å². The summed E-state index contributed by atoms with van der Waals surface area (Å²) in [5, 5.41) is 1.22. The van der Waals surface area contributed by atoms with Gasteiger partial charge in [0.25, 0.3) is 0 Å². The third-order valence-corrected chi connectivity index (χ3v) is 9.69. The summed E-state index contributed by atoms with van der Waals surface area (Å²) in [5.74, 6) is 1.31. The number of ether oxygens (including phenoxy) is 1. The maximum Gasteiger partial charge on any atom is 0.127 e. The Morgan fingerprint density at radius 3 is 1.90 bits per heavy atom. The maximum atomic E-state index is 8.83. The van der Waals surface area contributed by atoms with Gasteiger partial charge in [-0.2, -0.15) is 0 Å². The highest BCUT2D eigenvalue weighted by molar-refractivity contribution is 7.24. The van der Waals surface area contributed by atoms with Crippen LogP contribution in [0, 0.1) is 0 Å². The van der Waals surface area contributed by atoms with Crippen LogP contribution in [0.15, 0.2) is 182 Å². The molecule has 0 aliphatic carbocycles. The average Bonchev–Trinajstić information content (AvgIpc) is 3.73. The molecule has 3 nitrogen and oxygen atoms in total. The van der Waals surface area contributed by atoms with Crippen LogP contribution >= 0.6 is 11.3 Å². The summed E-state index contributed by atoms with van der Waals surface area (Å²) in [6, 6.07) is 48.4. The molecule has 9 rings (SSSR count). The molecule has 0 amide bonds. The second-order valence-corrected chi connectivity index (χ2v) is 12.5. The lowest BCUT2D eigenvalue weighted by Gasteiger charge is -2.25. The van der Waals surface area contributed by atoms with E-state index in [0.717, 1.165) is 22.2 Å². The Hall–Kier alpha value is -6.10. The number of hydrogen-bond donors (Lipinski definition) is 0. The standard InChI is InChI=1S/C44H30N2OS/c1-4-12-32(13-5-1)43-39-18-10-11-19-40(39)46-41-30-33(22-29-42(41)48-44(43)46)31-20-23-35(24-21-31)45(34-14-6-2-7-15-34)36-25-27-38(28-26-36)47-37-16-8-3-9-17-37/h1-30H/i2D,6D,7D,14D,15D. The summed E-state index contributed by atoms with van der Waals surface area (Å²) in [7, 11) is 0. The highest BCUT2D eigenvalue weighted by Gasteiger charge is 2.19. The Labute approximate surface area is 290 Å². The van der Waals surface area contributed by atoms with Gasteiger partial charge in [0.15, 0.2) is 0 Å². The summed E-state index contributed by atoms with van der Waals surface area (Å²) in [5.41, 5.74) is 8.08. The van der Waals surface area contributed by atoms with Crippen molar-refractivity contribution in [3.63, 3.8) is 0 Å². The van der Waals surface area contributed by atoms with E-state index in [4.69, 9.17) is 11.6 Å². The molecule has 9 aromatic rings. The minimum atomic E-state index is -0.435. The minimum absolute atomic E-state index is 0.0660. The molecule has 0 spiro atoms. The van der Waals surface area contributed by atoms with Gasteiger partial charge in [-0.15, -0.1) is 11.3 Å². The molecule has 0 fully saturated rings. The van der Waals surface area contributed by atoms with Gasteiger partial charge in [0.1, 0.15) is 16.3 Å². The zero-order valence-corrected chi connectivity index (χ0v) is 26.5. The van der Waals surface area contributed by atoms with Crippen molar-refractivity contribution >= 4 is 54.3 Å². The normalized spacial score (nSPS) is 12.8. The quantitative estimate of drug-likeness (QED) is 0.173. The number of rotatable bonds is 7. The van der Waals surface area contributed by atoms with Crippen LogP contribution in [-0.2, 0) is 0 Å². The zero-order chi connectivity index (χ0) is 36.2. The van der Waals surface area contributed by atoms with Crippen molar-refractivity contribution in [2.24, 2.45) is 0 Å². The summed E-state index contributed by atoms with van der Waals surface area (Å²) in [4.78, 5) is 2.91. The number of nitrogens with zero attached hydrogens (tertiary/aromatic N) is 2. The van der Waals surface area contributed by atoms with Crippen molar-refractivity contribution in [3.05, 3.63) is 182 Å². The Morgan fingerprint density at radius 2 is 1.15 bits per heavy atom. The van der Waals surface area contributed by atoms with Gasteiger partial charge in [0, 0.05) is 28.0 Å². The molecular weight excluding hydrogens is 605 g/mol. The van der Waals surface area contributed by atoms with E-state index in [1.165, 1.54) is 26.0 Å². The van der Waals surface area contributed by atoms with E-state index in [2.05, 4.69) is 71.1 Å². The fourth-order valence-electron chi connectivity index (χ4n) is 6.35. The predicted molar refractivity (Wildman–Crippen MR) is 202 cm³/mol. The van der Waals surface area contributed by atoms with Crippen molar-refractivity contribution in [1.82, 2.24) is 4.40 Å². The average molecular weight is 640 g/mol. The van der Waals surface area contributed by atoms with Crippen molar-refractivity contribution in [2.75, 3.05) is 4.90 Å². The van der Waals surface area contributed by atoms with Crippen molar-refractivity contribution in [2.45, 2.75) is 0 Å². The number of thiazole rings is 1. The zero-order valence-electron chi connectivity index (χ0n) is 30.6. The lowest BCUT2D eigenvalue weighted by atomic mass is 10.0. The first-order valence-electron chi connectivity index (χ1n) is 18.2. The summed E-state index contributed by atoms with van der Waals surface area (Å²) in [6.45, 7) is 0. The van der Waals surface area contributed by atoms with E-state index in [1.54, 1.807) is 16.2 Å². The molecule has 0 aliphatic heterocycles. The van der Waals surface area contributed by atoms with Crippen LogP contribution in [0.3, 0.4) is 0 Å². The lowest BCUT2D eigenvalue weighted by Crippen LogP contribution is -2.09. The van der Waals surface area contributed by atoms with Crippen molar-refractivity contribution in [1.29, 1.82) is 0 Å². The Bertz CT molecular complexity index is 2770. The van der Waals surface area contributed by atoms with Crippen LogP contribution in [0.1, 0.15) is 6.85 Å². The predicted octanol–water partition coefficient (Wildman–Crippen LogP) is 12.9. The summed E-state index contributed by atoms with van der Waals surface area (Å²) < 4.78 is 52.3. The first kappa shape index (κ1) is 23.3. The SMILES string of the molecule is [2H]c1c([2H])c([2H])c(N(c2ccc(Oc3ccccc3)cc2)c2ccc(-c3ccc4sc5c(-c6ccccc6)c6ccccc6n5c4c3)cc2)c([2H])c1[2H]. The van der Waals surface area contributed by atoms with Gasteiger partial charge in [0.05, 0.1) is 22.6 Å². The molecule has 2 heterocycles. The van der Waals surface area contributed by atoms with Crippen LogP contribution in [0.2, 0.25) is 0 Å². The van der Waals surface area contributed by atoms with Gasteiger partial charge in [-0.3, -0.25) is 4.40 Å². The van der Waals surface area contributed by atoms with Crippen molar-refractivity contribution < 1.29 is 11.6 Å². The second kappa shape index (κ2) is 11.9. The summed E-state index contributed by atoms with van der Waals surface area (Å²) in [6.07, 6.45) is 0. The molecular formula is C44H30N2OS. The number of fused-ring (bicyclic) bond motifs is 5. The molecule has 4 heteroatoms. The Morgan fingerprint density at radius 1 is 0.521 bits per heavy atom. The van der Waals surface area contributed by atoms with Gasteiger partial charge in [-0.05, 0) is 95.5 Å². The molecule has 0 aliphatic rings. The molecule has 0 atom stereocenters. The van der Waals surface area contributed by atoms with Gasteiger partial charge in [-0.25, -0.2) is 0 Å². The van der Waals surface area contributed by atoms with Crippen LogP contribution in [0.5, 0.6) is 11.5 Å². The Kier molecular flexibility index (Phi) is 5.78. The number of para-hydroxylation sites is 3. The minimum Gasteiger partial charge on any atom is -0.457 e. The monoisotopic (exact) mass is 639 g/mol. The lowest BCUT2D eigenvalue weighted by molar-refractivity contribution is 0.483. The van der Waals surface area contributed by atoms with Gasteiger partial charge < -0.3 is 9.64 Å². The van der Waals surface area contributed by atoms with Crippen molar-refractivity contribution in [3.8, 4) is 33.8 Å². The first-order chi connectivity index (χ1) is 25.9. The molecule has 0 unspecified atom stereocenters. The molecule has 2 aromatic heterocycles. The third-order valence-electron chi connectivity index (χ3n) is 8.54. The van der Waals surface area contributed by atoms with E-state index in [-0.39, 0.29) is 17.8 Å². The molecule has 7 aromatic carbocycles. The highest BCUT2D eigenvalue weighted by atomic mass is 32.1. The molecule has 228 valence electrons. The summed E-state index contributed by atoms with van der Waals surface area (Å²) >= 11 is 1.79. The Balaban J connectivity index is 1.14. The van der Waals surface area contributed by atoms with E-state index in [1.807, 2.05) is 84.9 Å². The molecule has 0 radical (unpaired) electrons. The molecule has 0 N–H and O–H groups in total. The van der Waals surface area contributed by atoms with Gasteiger partial charge >= 0.3 is 0 Å². The first-order valence-corrected chi connectivity index (χ1v) is 16.5. The molecule has 0 bridgehead atoms. The third kappa shape index (κ3) is 5.00. The molecule has 0 saturated carbocycles. The highest BCUT2D eigenvalue weighted by Crippen LogP contribution is 2.43. The van der Waals surface area contributed by atoms with Crippen LogP contribution in [0.25, 0.3) is 48.2 Å². The number of benzene rings is 7. The number of aromatic nitrogens is 1. The molecule has 48 heavy (non-hydrogen) atoms. The van der Waals surface area contributed by atoms with E-state index < -0.39 is 18.1 Å². The largest absolute Gasteiger partial charge is 0.457 e. The second-order valence-electron chi connectivity index (χ2n) is 11.4. The number of hydrogen-bond acceptors (Lipinski definition) is 3. The fraction of sp³-hybridized carbons (Fsp3) is 0. The fourth-order valence-corrected chi connectivity index (χ4v) is 7.57. The van der Waals surface area contributed by atoms with E-state index >= 15 is 0 Å². The molecule has 0 saturated heterocycles. The smallest absolute Gasteiger partial charge is 0.127 e. The maximum absolute atomic E-state index is 8.83. The van der Waals surface area contributed by atoms with Crippen LogP contribution in [-0.4, -0.2) is 4.40 Å².